The fraction of sp³-hybridized carbons (Fsp3) is 0.600. The standard InChI is InChI=1S/C15H24ClNO/c1-5-8-15(2,11-17-3)10-12-9-13(16)6-7-14(12)18-4/h6-7,9,17H,5,8,10-11H2,1-4H3. The lowest BCUT2D eigenvalue weighted by atomic mass is 9.79. The van der Waals surface area contributed by atoms with Crippen molar-refractivity contribution < 1.29 is 4.74 Å². The molecule has 0 saturated heterocycles. The lowest BCUT2D eigenvalue weighted by Gasteiger charge is -2.30. The van der Waals surface area contributed by atoms with Gasteiger partial charge in [0, 0.05) is 11.6 Å². The van der Waals surface area contributed by atoms with Crippen LogP contribution in [0.2, 0.25) is 5.02 Å². The Morgan fingerprint density at radius 3 is 2.67 bits per heavy atom. The third-order valence-corrected chi connectivity index (χ3v) is 3.55. The molecule has 1 rings (SSSR count). The molecule has 0 aromatic heterocycles. The maximum Gasteiger partial charge on any atom is 0.122 e. The van der Waals surface area contributed by atoms with E-state index in [9.17, 15) is 0 Å². The second-order valence-electron chi connectivity index (χ2n) is 5.22. The van der Waals surface area contributed by atoms with Crippen molar-refractivity contribution in [2.45, 2.75) is 33.1 Å². The maximum atomic E-state index is 6.09. The van der Waals surface area contributed by atoms with Crippen LogP contribution in [-0.4, -0.2) is 20.7 Å². The Morgan fingerprint density at radius 2 is 2.11 bits per heavy atom. The molecule has 1 N–H and O–H groups in total. The van der Waals surface area contributed by atoms with E-state index >= 15 is 0 Å². The molecule has 3 heteroatoms. The van der Waals surface area contributed by atoms with Crippen molar-refractivity contribution in [3.05, 3.63) is 28.8 Å². The molecule has 102 valence electrons. The van der Waals surface area contributed by atoms with Gasteiger partial charge in [-0.25, -0.2) is 0 Å². The molecule has 0 amide bonds. The van der Waals surface area contributed by atoms with Gasteiger partial charge in [-0.2, -0.15) is 0 Å². The van der Waals surface area contributed by atoms with Crippen LogP contribution in [0.3, 0.4) is 0 Å². The van der Waals surface area contributed by atoms with Gasteiger partial charge in [0.2, 0.25) is 0 Å². The van der Waals surface area contributed by atoms with E-state index in [0.717, 1.165) is 23.7 Å². The quantitative estimate of drug-likeness (QED) is 0.810. The summed E-state index contributed by atoms with van der Waals surface area (Å²) >= 11 is 6.09. The minimum Gasteiger partial charge on any atom is -0.496 e. The van der Waals surface area contributed by atoms with Crippen LogP contribution in [0.5, 0.6) is 5.75 Å². The van der Waals surface area contributed by atoms with Gasteiger partial charge in [0.05, 0.1) is 7.11 Å². The summed E-state index contributed by atoms with van der Waals surface area (Å²) in [4.78, 5) is 0. The third kappa shape index (κ3) is 4.18. The fourth-order valence-corrected chi connectivity index (χ4v) is 2.81. The van der Waals surface area contributed by atoms with Gasteiger partial charge in [0.25, 0.3) is 0 Å². The molecule has 1 atom stereocenters. The number of rotatable bonds is 7. The summed E-state index contributed by atoms with van der Waals surface area (Å²) < 4.78 is 5.42. The van der Waals surface area contributed by atoms with Crippen LogP contribution in [0.15, 0.2) is 18.2 Å². The van der Waals surface area contributed by atoms with Crippen molar-refractivity contribution in [2.24, 2.45) is 5.41 Å². The number of hydrogen-bond donors (Lipinski definition) is 1. The van der Waals surface area contributed by atoms with E-state index in [1.807, 2.05) is 25.2 Å². The Bertz CT molecular complexity index is 373. The lowest BCUT2D eigenvalue weighted by molar-refractivity contribution is 0.278. The van der Waals surface area contributed by atoms with E-state index in [2.05, 4.69) is 19.2 Å². The minimum atomic E-state index is 0.238. The summed E-state index contributed by atoms with van der Waals surface area (Å²) in [7, 11) is 3.71. The molecule has 1 unspecified atom stereocenters. The second kappa shape index (κ2) is 7.01. The zero-order chi connectivity index (χ0) is 13.6. The first-order valence-corrected chi connectivity index (χ1v) is 6.89. The highest BCUT2D eigenvalue weighted by Gasteiger charge is 2.24. The van der Waals surface area contributed by atoms with Gasteiger partial charge in [-0.05, 0) is 49.1 Å². The van der Waals surface area contributed by atoms with Gasteiger partial charge in [-0.1, -0.05) is 31.9 Å². The van der Waals surface area contributed by atoms with Crippen molar-refractivity contribution in [1.29, 1.82) is 0 Å². The van der Waals surface area contributed by atoms with Gasteiger partial charge >= 0.3 is 0 Å². The largest absolute Gasteiger partial charge is 0.496 e. The average molecular weight is 270 g/mol. The molecule has 18 heavy (non-hydrogen) atoms. The van der Waals surface area contributed by atoms with Crippen LogP contribution in [-0.2, 0) is 6.42 Å². The summed E-state index contributed by atoms with van der Waals surface area (Å²) in [5.41, 5.74) is 1.43. The molecule has 0 radical (unpaired) electrons. The van der Waals surface area contributed by atoms with Gasteiger partial charge < -0.3 is 10.1 Å². The SMILES string of the molecule is CCCC(C)(CNC)Cc1cc(Cl)ccc1OC. The van der Waals surface area contributed by atoms with Gasteiger partial charge in [-0.3, -0.25) is 0 Å². The highest BCUT2D eigenvalue weighted by Crippen LogP contribution is 2.33. The van der Waals surface area contributed by atoms with Crippen LogP contribution >= 0.6 is 11.6 Å². The molecular formula is C15H24ClNO. The Morgan fingerprint density at radius 1 is 1.39 bits per heavy atom. The van der Waals surface area contributed by atoms with Crippen LogP contribution in [0.1, 0.15) is 32.3 Å². The second-order valence-corrected chi connectivity index (χ2v) is 5.66. The summed E-state index contributed by atoms with van der Waals surface area (Å²) in [5, 5.41) is 4.06. The maximum absolute atomic E-state index is 6.09. The van der Waals surface area contributed by atoms with Crippen molar-refractivity contribution in [2.75, 3.05) is 20.7 Å². The van der Waals surface area contributed by atoms with Crippen LogP contribution in [0.25, 0.3) is 0 Å². The summed E-state index contributed by atoms with van der Waals surface area (Å²) in [6.45, 7) is 5.53. The number of ether oxygens (including phenoxy) is 1. The van der Waals surface area contributed by atoms with Crippen molar-refractivity contribution in [1.82, 2.24) is 5.32 Å². The first-order valence-electron chi connectivity index (χ1n) is 6.51. The molecule has 0 bridgehead atoms. The molecule has 0 fully saturated rings. The lowest BCUT2D eigenvalue weighted by Crippen LogP contribution is -2.31. The summed E-state index contributed by atoms with van der Waals surface area (Å²) in [6, 6.07) is 5.84. The highest BCUT2D eigenvalue weighted by molar-refractivity contribution is 6.30. The van der Waals surface area contributed by atoms with E-state index < -0.39 is 0 Å². The third-order valence-electron chi connectivity index (χ3n) is 3.32. The number of nitrogens with one attached hydrogen (secondary N) is 1. The molecule has 1 aromatic carbocycles. The molecule has 0 heterocycles. The van der Waals surface area contributed by atoms with Crippen molar-refractivity contribution in [3.63, 3.8) is 0 Å². The number of benzene rings is 1. The van der Waals surface area contributed by atoms with Crippen molar-refractivity contribution in [3.8, 4) is 5.75 Å². The molecular weight excluding hydrogens is 246 g/mol. The van der Waals surface area contributed by atoms with Crippen LogP contribution < -0.4 is 10.1 Å². The molecule has 2 nitrogen and oxygen atoms in total. The normalized spacial score (nSPS) is 14.3. The number of hydrogen-bond acceptors (Lipinski definition) is 2. The smallest absolute Gasteiger partial charge is 0.122 e. The predicted molar refractivity (Wildman–Crippen MR) is 78.6 cm³/mol. The molecule has 0 aliphatic carbocycles. The Kier molecular flexibility index (Phi) is 5.97. The first-order chi connectivity index (χ1) is 8.54. The van der Waals surface area contributed by atoms with E-state index in [1.165, 1.54) is 18.4 Å². The van der Waals surface area contributed by atoms with Crippen LogP contribution in [0.4, 0.5) is 0 Å². The summed E-state index contributed by atoms with van der Waals surface area (Å²) in [6.07, 6.45) is 3.34. The van der Waals surface area contributed by atoms with Gasteiger partial charge in [0.15, 0.2) is 0 Å². The van der Waals surface area contributed by atoms with Gasteiger partial charge in [-0.15, -0.1) is 0 Å². The predicted octanol–water partition coefficient (Wildman–Crippen LogP) is 3.92. The van der Waals surface area contributed by atoms with E-state index in [1.54, 1.807) is 7.11 Å². The zero-order valence-electron chi connectivity index (χ0n) is 11.8. The first kappa shape index (κ1) is 15.3. The number of halogens is 1. The molecule has 0 spiro atoms. The van der Waals surface area contributed by atoms with E-state index in [-0.39, 0.29) is 5.41 Å². The Labute approximate surface area is 116 Å². The minimum absolute atomic E-state index is 0.238. The highest BCUT2D eigenvalue weighted by atomic mass is 35.5. The monoisotopic (exact) mass is 269 g/mol. The molecule has 0 saturated carbocycles. The topological polar surface area (TPSA) is 21.3 Å². The van der Waals surface area contributed by atoms with E-state index in [0.29, 0.717) is 0 Å². The molecule has 0 aliphatic rings. The van der Waals surface area contributed by atoms with Gasteiger partial charge in [0.1, 0.15) is 5.75 Å². The van der Waals surface area contributed by atoms with Crippen molar-refractivity contribution >= 4 is 11.6 Å². The number of methoxy groups -OCH3 is 1. The molecule has 1 aromatic rings. The Hall–Kier alpha value is -0.730. The summed E-state index contributed by atoms with van der Waals surface area (Å²) in [5.74, 6) is 0.929. The van der Waals surface area contributed by atoms with E-state index in [4.69, 9.17) is 16.3 Å². The van der Waals surface area contributed by atoms with Crippen LogP contribution in [0, 0.1) is 5.41 Å². The zero-order valence-corrected chi connectivity index (χ0v) is 12.6. The fourth-order valence-electron chi connectivity index (χ4n) is 2.61. The molecule has 0 aliphatic heterocycles. The average Bonchev–Trinajstić information content (AvgIpc) is 2.29. The Balaban J connectivity index is 2.95.